The van der Waals surface area contributed by atoms with Gasteiger partial charge in [0, 0.05) is 12.0 Å². The number of aryl methyl sites for hydroxylation is 1. The van der Waals surface area contributed by atoms with Gasteiger partial charge in [-0.15, -0.1) is 0 Å². The van der Waals surface area contributed by atoms with Gasteiger partial charge in [0.15, 0.2) is 0 Å². The van der Waals surface area contributed by atoms with Crippen LogP contribution in [0, 0.1) is 18.3 Å². The number of hydrogen-bond donors (Lipinski definition) is 1. The minimum absolute atomic E-state index is 0.252. The van der Waals surface area contributed by atoms with Crippen LogP contribution in [0.3, 0.4) is 0 Å². The summed E-state index contributed by atoms with van der Waals surface area (Å²) in [5, 5.41) is 13.0. The van der Waals surface area contributed by atoms with E-state index in [4.69, 9.17) is 10.00 Å². The van der Waals surface area contributed by atoms with Gasteiger partial charge >= 0.3 is 0 Å². The average molecular weight is 477 g/mol. The van der Waals surface area contributed by atoms with E-state index in [1.807, 2.05) is 24.4 Å². The molecule has 0 fully saturated rings. The number of hydrogen-bond acceptors (Lipinski definition) is 4. The van der Waals surface area contributed by atoms with Crippen LogP contribution >= 0.6 is 0 Å². The maximum absolute atomic E-state index is 9.16. The Hall–Kier alpha value is -3.88. The maximum Gasteiger partial charge on any atom is 0.119 e. The van der Waals surface area contributed by atoms with Gasteiger partial charge in [-0.1, -0.05) is 54.6 Å². The van der Waals surface area contributed by atoms with Crippen molar-refractivity contribution >= 4 is 0 Å². The van der Waals surface area contributed by atoms with Crippen LogP contribution in [0.2, 0.25) is 0 Å². The number of rotatable bonds is 8. The van der Waals surface area contributed by atoms with Crippen molar-refractivity contribution in [1.29, 1.82) is 5.26 Å². The van der Waals surface area contributed by atoms with E-state index in [9.17, 15) is 0 Å². The van der Waals surface area contributed by atoms with Gasteiger partial charge in [-0.25, -0.2) is 4.98 Å². The molecule has 0 saturated carbocycles. The van der Waals surface area contributed by atoms with E-state index < -0.39 is 0 Å². The fourth-order valence-corrected chi connectivity index (χ4v) is 5.51. The van der Waals surface area contributed by atoms with Crippen LogP contribution in [-0.4, -0.2) is 23.2 Å². The first kappa shape index (κ1) is 23.8. The van der Waals surface area contributed by atoms with Gasteiger partial charge in [-0.2, -0.15) is 5.26 Å². The number of imidazole rings is 1. The summed E-state index contributed by atoms with van der Waals surface area (Å²) in [4.78, 5) is 4.67. The first-order chi connectivity index (χ1) is 17.7. The molecular weight excluding hydrogens is 444 g/mol. The van der Waals surface area contributed by atoms with Gasteiger partial charge in [0.2, 0.25) is 0 Å². The minimum atomic E-state index is 0.252. The summed E-state index contributed by atoms with van der Waals surface area (Å²) in [5.41, 5.74) is 5.76. The molecule has 3 atom stereocenters. The third-order valence-corrected chi connectivity index (χ3v) is 7.35. The number of nitrogens with zero attached hydrogens (tertiary/aromatic N) is 3. The van der Waals surface area contributed by atoms with E-state index in [2.05, 4.69) is 88.5 Å². The van der Waals surface area contributed by atoms with Gasteiger partial charge in [-0.05, 0) is 73.7 Å². The van der Waals surface area contributed by atoms with Crippen LogP contribution in [0.5, 0.6) is 5.75 Å². The lowest BCUT2D eigenvalue weighted by molar-refractivity contribution is 0.353. The van der Waals surface area contributed by atoms with Crippen LogP contribution in [0.4, 0.5) is 0 Å². The summed E-state index contributed by atoms with van der Waals surface area (Å²) in [6.45, 7) is 2.98. The van der Waals surface area contributed by atoms with Gasteiger partial charge in [0.1, 0.15) is 11.6 Å². The zero-order chi connectivity index (χ0) is 24.9. The molecule has 0 radical (unpaired) electrons. The summed E-state index contributed by atoms with van der Waals surface area (Å²) in [6.07, 6.45) is 5.09. The number of methoxy groups -OCH3 is 1. The van der Waals surface area contributed by atoms with E-state index in [0.717, 1.165) is 37.4 Å². The van der Waals surface area contributed by atoms with Gasteiger partial charge in [0.25, 0.3) is 0 Å². The summed E-state index contributed by atoms with van der Waals surface area (Å²) < 4.78 is 7.87. The summed E-state index contributed by atoms with van der Waals surface area (Å²) >= 11 is 0. The van der Waals surface area contributed by atoms with Crippen molar-refractivity contribution in [2.75, 3.05) is 13.7 Å². The summed E-state index contributed by atoms with van der Waals surface area (Å²) in [5.74, 6) is 2.21. The van der Waals surface area contributed by atoms with E-state index in [-0.39, 0.29) is 18.0 Å². The fraction of sp³-hybridized carbons (Fsp3) is 0.290. The van der Waals surface area contributed by atoms with Crippen LogP contribution in [0.1, 0.15) is 71.0 Å². The third kappa shape index (κ3) is 4.91. The lowest BCUT2D eigenvalue weighted by Crippen LogP contribution is -2.32. The Labute approximate surface area is 213 Å². The van der Waals surface area contributed by atoms with Crippen LogP contribution < -0.4 is 10.1 Å². The number of nitriles is 1. The Morgan fingerprint density at radius 1 is 1.03 bits per heavy atom. The second-order valence-electron chi connectivity index (χ2n) is 9.46. The second kappa shape index (κ2) is 10.8. The van der Waals surface area contributed by atoms with Crippen LogP contribution in [-0.2, 0) is 0 Å². The Morgan fingerprint density at radius 2 is 1.81 bits per heavy atom. The van der Waals surface area contributed by atoms with E-state index >= 15 is 0 Å². The van der Waals surface area contributed by atoms with Crippen molar-refractivity contribution < 1.29 is 4.74 Å². The highest BCUT2D eigenvalue weighted by atomic mass is 16.5. The lowest BCUT2D eigenvalue weighted by atomic mass is 9.88. The van der Waals surface area contributed by atoms with Crippen molar-refractivity contribution in [3.8, 4) is 11.8 Å². The molecular formula is C31H32N4O. The number of benzene rings is 3. The Morgan fingerprint density at radius 3 is 2.56 bits per heavy atom. The molecule has 5 nitrogen and oxygen atoms in total. The molecule has 3 unspecified atom stereocenters. The molecule has 2 heterocycles. The molecule has 1 aliphatic heterocycles. The van der Waals surface area contributed by atoms with Gasteiger partial charge in [-0.3, -0.25) is 0 Å². The molecule has 0 bridgehead atoms. The molecule has 5 heteroatoms. The van der Waals surface area contributed by atoms with E-state index in [1.165, 1.54) is 22.4 Å². The van der Waals surface area contributed by atoms with Crippen molar-refractivity contribution in [2.45, 2.75) is 44.2 Å². The standard InChI is InChI=1S/C31H32N4O/c1-22-34-21-31-29(15-16-30(35(22)31)25-13-11-23(20-32)12-14-25)33-18-17-28(24-7-4-3-5-8-24)26-9-6-10-27(19-26)36-2/h3-14,19,21,28-30,33H,15-18H2,1-2H3. The first-order valence-corrected chi connectivity index (χ1v) is 12.6. The number of ether oxygens (including phenoxy) is 1. The van der Waals surface area contributed by atoms with Gasteiger partial charge in [0.05, 0.1) is 36.7 Å². The molecule has 0 saturated heterocycles. The number of aromatic nitrogens is 2. The second-order valence-corrected chi connectivity index (χ2v) is 9.46. The molecule has 1 aromatic heterocycles. The monoisotopic (exact) mass is 476 g/mol. The SMILES string of the molecule is COc1cccc(C(CCNC2CCC(c3ccc(C#N)cc3)n3c2cnc3C)c2ccccc2)c1. The molecule has 0 spiro atoms. The Kier molecular flexibility index (Phi) is 7.16. The van der Waals surface area contributed by atoms with Crippen molar-refractivity contribution in [2.24, 2.45) is 0 Å². The zero-order valence-corrected chi connectivity index (χ0v) is 20.9. The molecule has 1 N–H and O–H groups in total. The summed E-state index contributed by atoms with van der Waals surface area (Å²) in [6, 6.07) is 29.9. The Balaban J connectivity index is 1.33. The van der Waals surface area contributed by atoms with Gasteiger partial charge < -0.3 is 14.6 Å². The van der Waals surface area contributed by atoms with E-state index in [0.29, 0.717) is 5.56 Å². The average Bonchev–Trinajstić information content (AvgIpc) is 3.33. The third-order valence-electron chi connectivity index (χ3n) is 7.35. The van der Waals surface area contributed by atoms with Crippen molar-refractivity contribution in [1.82, 2.24) is 14.9 Å². The molecule has 0 aliphatic carbocycles. The molecule has 5 rings (SSSR count). The quantitative estimate of drug-likeness (QED) is 0.324. The molecule has 4 aromatic rings. The van der Waals surface area contributed by atoms with E-state index in [1.54, 1.807) is 7.11 Å². The highest BCUT2D eigenvalue weighted by molar-refractivity contribution is 5.37. The molecule has 3 aromatic carbocycles. The highest BCUT2D eigenvalue weighted by Gasteiger charge is 2.29. The van der Waals surface area contributed by atoms with Crippen LogP contribution in [0.25, 0.3) is 0 Å². The largest absolute Gasteiger partial charge is 0.497 e. The topological polar surface area (TPSA) is 62.9 Å². The number of nitrogens with one attached hydrogen (secondary N) is 1. The molecule has 182 valence electrons. The van der Waals surface area contributed by atoms with Crippen LogP contribution in [0.15, 0.2) is 85.1 Å². The molecule has 0 amide bonds. The zero-order valence-electron chi connectivity index (χ0n) is 20.9. The normalized spacial score (nSPS) is 17.7. The minimum Gasteiger partial charge on any atom is -0.497 e. The maximum atomic E-state index is 9.16. The smallest absolute Gasteiger partial charge is 0.119 e. The predicted molar refractivity (Wildman–Crippen MR) is 142 cm³/mol. The highest BCUT2D eigenvalue weighted by Crippen LogP contribution is 2.37. The lowest BCUT2D eigenvalue weighted by Gasteiger charge is -2.33. The molecule has 1 aliphatic rings. The van der Waals surface area contributed by atoms with Crippen molar-refractivity contribution in [3.05, 3.63) is 119 Å². The Bertz CT molecular complexity index is 1340. The fourth-order valence-electron chi connectivity index (χ4n) is 5.51. The van der Waals surface area contributed by atoms with Crippen molar-refractivity contribution in [3.63, 3.8) is 0 Å². The molecule has 36 heavy (non-hydrogen) atoms. The predicted octanol–water partition coefficient (Wildman–Crippen LogP) is 6.31. The summed E-state index contributed by atoms with van der Waals surface area (Å²) in [7, 11) is 1.72. The number of fused-ring (bicyclic) bond motifs is 1. The first-order valence-electron chi connectivity index (χ1n) is 12.6.